The molecule has 0 fully saturated rings. The van der Waals surface area contributed by atoms with Gasteiger partial charge in [-0.25, -0.2) is 4.68 Å². The first-order chi connectivity index (χ1) is 12.2. The fourth-order valence-electron chi connectivity index (χ4n) is 3.07. The van der Waals surface area contributed by atoms with Crippen LogP contribution in [0.4, 0.5) is 5.69 Å². The van der Waals surface area contributed by atoms with Crippen LogP contribution in [-0.2, 0) is 13.0 Å². The molecular weight excluding hydrogens is 312 g/mol. The highest BCUT2D eigenvalue weighted by atomic mass is 16.2. The van der Waals surface area contributed by atoms with E-state index >= 15 is 0 Å². The zero-order chi connectivity index (χ0) is 17.2. The summed E-state index contributed by atoms with van der Waals surface area (Å²) in [5, 5.41) is 7.95. The molecule has 1 aromatic heterocycles. The van der Waals surface area contributed by atoms with Crippen LogP contribution in [0.2, 0.25) is 0 Å². The first-order valence-corrected chi connectivity index (χ1v) is 8.43. The number of carbonyl (C=O) groups is 1. The monoisotopic (exact) mass is 332 g/mol. The molecule has 126 valence electrons. The maximum Gasteiger partial charge on any atom is 0.253 e. The molecule has 0 saturated carbocycles. The Kier molecular flexibility index (Phi) is 3.98. The summed E-state index contributed by atoms with van der Waals surface area (Å²) in [6, 6.07) is 18.1. The van der Waals surface area contributed by atoms with E-state index in [2.05, 4.69) is 10.4 Å². The lowest BCUT2D eigenvalue weighted by molar-refractivity contribution is 0.0781. The van der Waals surface area contributed by atoms with Gasteiger partial charge in [0.1, 0.15) is 0 Å². The van der Waals surface area contributed by atoms with E-state index in [1.54, 1.807) is 4.90 Å². The smallest absolute Gasteiger partial charge is 0.253 e. The molecule has 2 heterocycles. The van der Waals surface area contributed by atoms with Crippen LogP contribution < -0.4 is 5.32 Å². The third kappa shape index (κ3) is 3.13. The van der Waals surface area contributed by atoms with E-state index in [0.717, 1.165) is 41.2 Å². The number of para-hydroxylation sites is 1. The summed E-state index contributed by atoms with van der Waals surface area (Å²) in [5.41, 5.74) is 4.86. The van der Waals surface area contributed by atoms with Crippen LogP contribution in [0.3, 0.4) is 0 Å². The van der Waals surface area contributed by atoms with E-state index < -0.39 is 0 Å². The summed E-state index contributed by atoms with van der Waals surface area (Å²) in [4.78, 5) is 14.1. The third-order valence-electron chi connectivity index (χ3n) is 4.54. The topological polar surface area (TPSA) is 50.2 Å². The quantitative estimate of drug-likeness (QED) is 0.799. The minimum Gasteiger partial charge on any atom is -0.379 e. The molecule has 0 bridgehead atoms. The number of rotatable bonds is 4. The van der Waals surface area contributed by atoms with Crippen molar-refractivity contribution in [2.75, 3.05) is 18.9 Å². The zero-order valence-corrected chi connectivity index (χ0v) is 14.1. The Labute approximate surface area is 146 Å². The minimum atomic E-state index is 0.0956. The lowest BCUT2D eigenvalue weighted by Crippen LogP contribution is -2.34. The molecule has 0 unspecified atom stereocenters. The van der Waals surface area contributed by atoms with Gasteiger partial charge in [0, 0.05) is 31.0 Å². The van der Waals surface area contributed by atoms with Crippen molar-refractivity contribution in [1.82, 2.24) is 14.7 Å². The second-order valence-corrected chi connectivity index (χ2v) is 6.29. The molecule has 0 radical (unpaired) electrons. The van der Waals surface area contributed by atoms with Crippen molar-refractivity contribution in [1.29, 1.82) is 0 Å². The van der Waals surface area contributed by atoms with Gasteiger partial charge in [-0.1, -0.05) is 24.3 Å². The van der Waals surface area contributed by atoms with Crippen molar-refractivity contribution >= 4 is 11.6 Å². The normalized spacial score (nSPS) is 13.6. The number of hydrogen-bond acceptors (Lipinski definition) is 3. The largest absolute Gasteiger partial charge is 0.379 e. The summed E-state index contributed by atoms with van der Waals surface area (Å²) in [6.45, 7) is 1.40. The van der Waals surface area contributed by atoms with E-state index in [9.17, 15) is 4.79 Å². The number of hydrogen-bond donors (Lipinski definition) is 1. The van der Waals surface area contributed by atoms with Crippen LogP contribution in [0.15, 0.2) is 60.8 Å². The highest BCUT2D eigenvalue weighted by Gasteiger charge is 2.21. The van der Waals surface area contributed by atoms with Gasteiger partial charge in [-0.2, -0.15) is 5.10 Å². The Morgan fingerprint density at radius 2 is 1.96 bits per heavy atom. The Bertz CT molecular complexity index is 901. The Morgan fingerprint density at radius 3 is 2.80 bits per heavy atom. The SMILES string of the molecule is CN1CCc2ccc(NCc3ccn(-c4ccccc4)n3)cc2C1=O. The predicted molar refractivity (Wildman–Crippen MR) is 98.0 cm³/mol. The average molecular weight is 332 g/mol. The first kappa shape index (κ1) is 15.4. The number of aromatic nitrogens is 2. The van der Waals surface area contributed by atoms with E-state index in [0.29, 0.717) is 6.54 Å². The zero-order valence-electron chi connectivity index (χ0n) is 14.1. The lowest BCUT2D eigenvalue weighted by atomic mass is 9.99. The van der Waals surface area contributed by atoms with Gasteiger partial charge in [-0.15, -0.1) is 0 Å². The van der Waals surface area contributed by atoms with Crippen molar-refractivity contribution in [3.05, 3.63) is 77.6 Å². The number of nitrogens with one attached hydrogen (secondary N) is 1. The second kappa shape index (κ2) is 6.43. The minimum absolute atomic E-state index is 0.0956. The van der Waals surface area contributed by atoms with E-state index in [1.165, 1.54) is 0 Å². The lowest BCUT2D eigenvalue weighted by Gasteiger charge is -2.25. The van der Waals surface area contributed by atoms with Gasteiger partial charge in [0.05, 0.1) is 17.9 Å². The summed E-state index contributed by atoms with van der Waals surface area (Å²) < 4.78 is 1.86. The maximum atomic E-state index is 12.3. The van der Waals surface area contributed by atoms with Crippen LogP contribution in [0.25, 0.3) is 5.69 Å². The van der Waals surface area contributed by atoms with Crippen LogP contribution in [0.1, 0.15) is 21.6 Å². The molecule has 5 nitrogen and oxygen atoms in total. The second-order valence-electron chi connectivity index (χ2n) is 6.29. The van der Waals surface area contributed by atoms with E-state index in [4.69, 9.17) is 0 Å². The van der Waals surface area contributed by atoms with Crippen LogP contribution >= 0.6 is 0 Å². The number of likely N-dealkylation sites (N-methyl/N-ethyl adjacent to an activating group) is 1. The summed E-state index contributed by atoms with van der Waals surface area (Å²) in [6.07, 6.45) is 2.87. The van der Waals surface area contributed by atoms with Crippen LogP contribution in [-0.4, -0.2) is 34.2 Å². The number of nitrogens with zero attached hydrogens (tertiary/aromatic N) is 3. The summed E-state index contributed by atoms with van der Waals surface area (Å²) >= 11 is 0. The van der Waals surface area contributed by atoms with Crippen molar-refractivity contribution in [2.45, 2.75) is 13.0 Å². The molecule has 3 aromatic rings. The molecule has 2 aromatic carbocycles. The van der Waals surface area contributed by atoms with Gasteiger partial charge in [0.25, 0.3) is 5.91 Å². The van der Waals surface area contributed by atoms with Crippen molar-refractivity contribution in [2.24, 2.45) is 0 Å². The number of carbonyl (C=O) groups excluding carboxylic acids is 1. The fourth-order valence-corrected chi connectivity index (χ4v) is 3.07. The maximum absolute atomic E-state index is 12.3. The molecule has 0 atom stereocenters. The molecule has 1 aliphatic rings. The number of benzene rings is 2. The number of fused-ring (bicyclic) bond motifs is 1. The standard InChI is InChI=1S/C20H20N4O/c1-23-11-9-15-7-8-16(13-19(15)20(23)25)21-14-17-10-12-24(22-17)18-5-3-2-4-6-18/h2-8,10,12-13,21H,9,11,14H2,1H3. The highest BCUT2D eigenvalue weighted by molar-refractivity contribution is 5.97. The van der Waals surface area contributed by atoms with Gasteiger partial charge >= 0.3 is 0 Å². The first-order valence-electron chi connectivity index (χ1n) is 8.43. The Balaban J connectivity index is 1.47. The van der Waals surface area contributed by atoms with Gasteiger partial charge in [0.2, 0.25) is 0 Å². The predicted octanol–water partition coefficient (Wildman–Crippen LogP) is 3.11. The molecule has 0 aliphatic carbocycles. The van der Waals surface area contributed by atoms with E-state index in [-0.39, 0.29) is 5.91 Å². The molecular formula is C20H20N4O. The number of anilines is 1. The van der Waals surface area contributed by atoms with Crippen molar-refractivity contribution < 1.29 is 4.79 Å². The molecule has 1 amide bonds. The molecule has 0 spiro atoms. The summed E-state index contributed by atoms with van der Waals surface area (Å²) in [5.74, 6) is 0.0956. The van der Waals surface area contributed by atoms with Gasteiger partial charge < -0.3 is 10.2 Å². The third-order valence-corrected chi connectivity index (χ3v) is 4.54. The number of amides is 1. The molecule has 25 heavy (non-hydrogen) atoms. The van der Waals surface area contributed by atoms with Crippen molar-refractivity contribution in [3.8, 4) is 5.69 Å². The molecule has 1 aliphatic heterocycles. The molecule has 5 heteroatoms. The van der Waals surface area contributed by atoms with Crippen LogP contribution in [0, 0.1) is 0 Å². The van der Waals surface area contributed by atoms with Crippen molar-refractivity contribution in [3.63, 3.8) is 0 Å². The fraction of sp³-hybridized carbons (Fsp3) is 0.200. The van der Waals surface area contributed by atoms with E-state index in [1.807, 2.05) is 72.5 Å². The van der Waals surface area contributed by atoms with Gasteiger partial charge in [-0.05, 0) is 42.3 Å². The Hall–Kier alpha value is -3.08. The average Bonchev–Trinajstić information content (AvgIpc) is 3.13. The van der Waals surface area contributed by atoms with Gasteiger partial charge in [-0.3, -0.25) is 4.79 Å². The Morgan fingerprint density at radius 1 is 1.12 bits per heavy atom. The van der Waals surface area contributed by atoms with Gasteiger partial charge in [0.15, 0.2) is 0 Å². The molecule has 1 N–H and O–H groups in total. The molecule has 0 saturated heterocycles. The van der Waals surface area contributed by atoms with Crippen LogP contribution in [0.5, 0.6) is 0 Å². The molecule has 4 rings (SSSR count). The summed E-state index contributed by atoms with van der Waals surface area (Å²) in [7, 11) is 1.85. The highest BCUT2D eigenvalue weighted by Crippen LogP contribution is 2.22.